The highest BCUT2D eigenvalue weighted by atomic mass is 79.9. The van der Waals surface area contributed by atoms with Crippen LogP contribution in [-0.2, 0) is 11.3 Å². The molecular formula is C22H19BrClF2N5O2S. The van der Waals surface area contributed by atoms with Gasteiger partial charge in [-0.3, -0.25) is 9.59 Å². The van der Waals surface area contributed by atoms with E-state index < -0.39 is 23.6 Å². The lowest BCUT2D eigenvalue weighted by Gasteiger charge is -2.15. The van der Waals surface area contributed by atoms with Crippen LogP contribution in [0.3, 0.4) is 0 Å². The third-order valence-electron chi connectivity index (χ3n) is 4.51. The number of thioether (sulfide) groups is 1. The molecule has 0 radical (unpaired) electrons. The number of amides is 2. The van der Waals surface area contributed by atoms with Crippen molar-refractivity contribution < 1.29 is 18.4 Å². The number of nitrogens with one attached hydrogen (secondary N) is 2. The maximum atomic E-state index is 14.0. The van der Waals surface area contributed by atoms with Gasteiger partial charge in [-0.1, -0.05) is 41.6 Å². The highest BCUT2D eigenvalue weighted by Gasteiger charge is 2.21. The number of carbonyl (C=O) groups excluding carboxylic acids is 2. The second-order valence-electron chi connectivity index (χ2n) is 7.00. The Kier molecular flexibility index (Phi) is 8.81. The van der Waals surface area contributed by atoms with Gasteiger partial charge in [-0.25, -0.2) is 8.78 Å². The number of hydrogen-bond donors (Lipinski definition) is 2. The van der Waals surface area contributed by atoms with E-state index in [1.807, 2.05) is 0 Å². The van der Waals surface area contributed by atoms with Crippen molar-refractivity contribution >= 4 is 56.8 Å². The van der Waals surface area contributed by atoms with Crippen LogP contribution in [0.25, 0.3) is 0 Å². The first-order chi connectivity index (χ1) is 16.2. The number of hydrogen-bond acceptors (Lipinski definition) is 5. The summed E-state index contributed by atoms with van der Waals surface area (Å²) in [6.07, 6.45) is 1.63. The quantitative estimate of drug-likeness (QED) is 0.266. The van der Waals surface area contributed by atoms with Crippen LogP contribution in [0.1, 0.15) is 29.1 Å². The zero-order chi connectivity index (χ0) is 24.8. The van der Waals surface area contributed by atoms with Gasteiger partial charge >= 0.3 is 0 Å². The largest absolute Gasteiger partial charge is 0.342 e. The van der Waals surface area contributed by atoms with Crippen molar-refractivity contribution in [3.63, 3.8) is 0 Å². The van der Waals surface area contributed by atoms with E-state index in [-0.39, 0.29) is 21.8 Å². The van der Waals surface area contributed by atoms with Gasteiger partial charge < -0.3 is 15.2 Å². The first-order valence-corrected chi connectivity index (χ1v) is 12.0. The molecule has 0 aliphatic carbocycles. The van der Waals surface area contributed by atoms with Gasteiger partial charge in [-0.2, -0.15) is 0 Å². The predicted octanol–water partition coefficient (Wildman–Crippen LogP) is 5.38. The average molecular weight is 571 g/mol. The Bertz CT molecular complexity index is 1220. The molecule has 34 heavy (non-hydrogen) atoms. The van der Waals surface area contributed by atoms with Crippen LogP contribution in [0.5, 0.6) is 0 Å². The Morgan fingerprint density at radius 1 is 1.29 bits per heavy atom. The second kappa shape index (κ2) is 11.6. The maximum Gasteiger partial charge on any atom is 0.253 e. The minimum atomic E-state index is -0.898. The van der Waals surface area contributed by atoms with E-state index in [0.29, 0.717) is 34.2 Å². The number of carbonyl (C=O) groups is 2. The zero-order valence-corrected chi connectivity index (χ0v) is 21.0. The van der Waals surface area contributed by atoms with Gasteiger partial charge in [0.2, 0.25) is 5.91 Å². The van der Waals surface area contributed by atoms with E-state index in [9.17, 15) is 18.4 Å². The molecule has 0 unspecified atom stereocenters. The van der Waals surface area contributed by atoms with Gasteiger partial charge in [-0.15, -0.1) is 16.8 Å². The van der Waals surface area contributed by atoms with Crippen LogP contribution in [0.2, 0.25) is 5.02 Å². The van der Waals surface area contributed by atoms with E-state index in [0.717, 1.165) is 17.8 Å². The lowest BCUT2D eigenvalue weighted by Crippen LogP contribution is -2.29. The van der Waals surface area contributed by atoms with Crippen LogP contribution in [0.15, 0.2) is 58.7 Å². The minimum absolute atomic E-state index is 0.0866. The average Bonchev–Trinajstić information content (AvgIpc) is 3.18. The molecule has 3 aromatic rings. The molecule has 2 amide bonds. The summed E-state index contributed by atoms with van der Waals surface area (Å²) in [7, 11) is 0. The Morgan fingerprint density at radius 2 is 2.03 bits per heavy atom. The Hall–Kier alpha value is -2.76. The van der Waals surface area contributed by atoms with Crippen LogP contribution >= 0.6 is 39.3 Å². The molecule has 2 N–H and O–H groups in total. The van der Waals surface area contributed by atoms with E-state index in [1.54, 1.807) is 41.8 Å². The molecule has 0 aliphatic rings. The SMILES string of the molecule is C=CCn1c(SCC(=O)Nc2c(F)cc(F)cc2Br)nnc1[C@@H](C)NC(=O)c1ccccc1Cl. The summed E-state index contributed by atoms with van der Waals surface area (Å²) in [4.78, 5) is 25.0. The van der Waals surface area contributed by atoms with Gasteiger partial charge in [0.1, 0.15) is 5.82 Å². The van der Waals surface area contributed by atoms with Crippen LogP contribution < -0.4 is 10.6 Å². The normalized spacial score (nSPS) is 11.7. The number of allylic oxidation sites excluding steroid dienone is 1. The van der Waals surface area contributed by atoms with Crippen LogP contribution in [-0.4, -0.2) is 32.3 Å². The molecule has 0 saturated heterocycles. The molecule has 0 bridgehead atoms. The Morgan fingerprint density at radius 3 is 2.71 bits per heavy atom. The maximum absolute atomic E-state index is 14.0. The lowest BCUT2D eigenvalue weighted by molar-refractivity contribution is -0.113. The number of rotatable bonds is 9. The lowest BCUT2D eigenvalue weighted by atomic mass is 10.2. The molecule has 0 fully saturated rings. The topological polar surface area (TPSA) is 88.9 Å². The smallest absolute Gasteiger partial charge is 0.253 e. The van der Waals surface area contributed by atoms with Gasteiger partial charge in [0.05, 0.1) is 28.1 Å². The first kappa shape index (κ1) is 25.9. The van der Waals surface area contributed by atoms with E-state index >= 15 is 0 Å². The monoisotopic (exact) mass is 569 g/mol. The van der Waals surface area contributed by atoms with Crippen molar-refractivity contribution in [2.45, 2.75) is 24.7 Å². The highest BCUT2D eigenvalue weighted by Crippen LogP contribution is 2.28. The fourth-order valence-electron chi connectivity index (χ4n) is 2.98. The van der Waals surface area contributed by atoms with Crippen molar-refractivity contribution in [3.8, 4) is 0 Å². The Balaban J connectivity index is 1.70. The van der Waals surface area contributed by atoms with Gasteiger partial charge in [0.15, 0.2) is 16.8 Å². The van der Waals surface area contributed by atoms with E-state index in [4.69, 9.17) is 11.6 Å². The van der Waals surface area contributed by atoms with Crippen molar-refractivity contribution in [3.05, 3.63) is 81.6 Å². The summed E-state index contributed by atoms with van der Waals surface area (Å²) in [6, 6.07) is 7.88. The zero-order valence-electron chi connectivity index (χ0n) is 17.8. The van der Waals surface area contributed by atoms with Crippen LogP contribution in [0.4, 0.5) is 14.5 Å². The van der Waals surface area contributed by atoms with Crippen molar-refractivity contribution in [1.82, 2.24) is 20.1 Å². The summed E-state index contributed by atoms with van der Waals surface area (Å²) >= 11 is 10.2. The third-order valence-corrected chi connectivity index (χ3v) is 6.44. The molecule has 0 saturated carbocycles. The fourth-order valence-corrected chi connectivity index (χ4v) is 4.46. The second-order valence-corrected chi connectivity index (χ2v) is 9.20. The molecular weight excluding hydrogens is 552 g/mol. The number of aromatic nitrogens is 3. The minimum Gasteiger partial charge on any atom is -0.342 e. The molecule has 1 heterocycles. The van der Waals surface area contributed by atoms with Crippen molar-refractivity contribution in [2.75, 3.05) is 11.1 Å². The summed E-state index contributed by atoms with van der Waals surface area (Å²) in [6.45, 7) is 5.80. The summed E-state index contributed by atoms with van der Waals surface area (Å²) in [5, 5.41) is 14.3. The Labute approximate surface area is 212 Å². The molecule has 12 heteroatoms. The predicted molar refractivity (Wildman–Crippen MR) is 131 cm³/mol. The third kappa shape index (κ3) is 6.22. The molecule has 0 spiro atoms. The number of benzene rings is 2. The van der Waals surface area contributed by atoms with E-state index in [1.165, 1.54) is 0 Å². The van der Waals surface area contributed by atoms with Gasteiger partial charge in [0, 0.05) is 17.1 Å². The molecule has 3 rings (SSSR count). The molecule has 178 valence electrons. The van der Waals surface area contributed by atoms with Crippen LogP contribution in [0, 0.1) is 11.6 Å². The summed E-state index contributed by atoms with van der Waals surface area (Å²) < 4.78 is 29.0. The molecule has 7 nitrogen and oxygen atoms in total. The molecule has 1 aromatic heterocycles. The fraction of sp³-hybridized carbons (Fsp3) is 0.182. The van der Waals surface area contributed by atoms with Crippen molar-refractivity contribution in [2.24, 2.45) is 0 Å². The summed E-state index contributed by atoms with van der Waals surface area (Å²) in [5.74, 6) is -2.21. The number of halogens is 4. The molecule has 0 aliphatic heterocycles. The summed E-state index contributed by atoms with van der Waals surface area (Å²) in [5.41, 5.74) is 0.174. The standard InChI is InChI=1S/C22H19BrClF2N5O2S/c1-3-8-31-20(12(2)27-21(33)14-6-4-5-7-16(14)24)29-30-22(31)34-11-18(32)28-19-15(23)9-13(25)10-17(19)26/h3-7,9-10,12H,1,8,11H2,2H3,(H,27,33)(H,28,32)/t12-/m1/s1. The van der Waals surface area contributed by atoms with Crippen molar-refractivity contribution in [1.29, 1.82) is 0 Å². The molecule has 2 aromatic carbocycles. The number of nitrogens with zero attached hydrogens (tertiary/aromatic N) is 3. The van der Waals surface area contributed by atoms with Gasteiger partial charge in [-0.05, 0) is 41.1 Å². The first-order valence-electron chi connectivity index (χ1n) is 9.87. The van der Waals surface area contributed by atoms with Gasteiger partial charge in [0.25, 0.3) is 5.91 Å². The highest BCUT2D eigenvalue weighted by molar-refractivity contribution is 9.10. The van der Waals surface area contributed by atoms with E-state index in [2.05, 4.69) is 43.3 Å². The molecule has 1 atom stereocenters. The number of anilines is 1.